The van der Waals surface area contributed by atoms with Crippen LogP contribution in [0.3, 0.4) is 0 Å². The summed E-state index contributed by atoms with van der Waals surface area (Å²) < 4.78 is 0.973. The number of nitrogens with zero attached hydrogens (tertiary/aromatic N) is 1. The number of rotatable bonds is 1. The monoisotopic (exact) mass is 383 g/mol. The van der Waals surface area contributed by atoms with E-state index < -0.39 is 5.54 Å². The smallest absolute Gasteiger partial charge is 0.252 e. The van der Waals surface area contributed by atoms with Crippen LogP contribution in [-0.4, -0.2) is 30.2 Å². The Bertz CT molecular complexity index is 811. The minimum absolute atomic E-state index is 0.00139. The van der Waals surface area contributed by atoms with Crippen LogP contribution in [0.5, 0.6) is 0 Å². The molecule has 0 saturated carbocycles. The summed E-state index contributed by atoms with van der Waals surface area (Å²) in [6.07, 6.45) is 1.43. The standard InChI is InChI=1S/C19H18BrN3O/c20-14-6-7-16-15(12-14)17(13-4-2-1-3-5-13)23-19(18(24)22-16)8-10-21-11-9-19/h1-7,12,21H,8-11H2,(H,22,24). The Morgan fingerprint density at radius 1 is 1.04 bits per heavy atom. The first-order valence-electron chi connectivity index (χ1n) is 8.15. The Balaban J connectivity index is 1.94. The van der Waals surface area contributed by atoms with E-state index >= 15 is 0 Å². The molecule has 1 amide bonds. The predicted molar refractivity (Wildman–Crippen MR) is 99.7 cm³/mol. The number of amides is 1. The van der Waals surface area contributed by atoms with Crippen LogP contribution in [0.1, 0.15) is 24.0 Å². The summed E-state index contributed by atoms with van der Waals surface area (Å²) in [5.74, 6) is -0.00139. The fourth-order valence-corrected chi connectivity index (χ4v) is 3.74. The molecule has 0 atom stereocenters. The third-order valence-electron chi connectivity index (χ3n) is 4.71. The van der Waals surface area contributed by atoms with Crippen molar-refractivity contribution in [3.05, 3.63) is 64.1 Å². The molecule has 2 N–H and O–H groups in total. The van der Waals surface area contributed by atoms with Gasteiger partial charge in [0.2, 0.25) is 0 Å². The van der Waals surface area contributed by atoms with E-state index in [-0.39, 0.29) is 5.91 Å². The van der Waals surface area contributed by atoms with Crippen molar-refractivity contribution in [1.29, 1.82) is 0 Å². The molecule has 2 aromatic rings. The number of piperidine rings is 1. The van der Waals surface area contributed by atoms with Crippen LogP contribution in [0.25, 0.3) is 0 Å². The number of hydrogen-bond donors (Lipinski definition) is 2. The zero-order chi connectivity index (χ0) is 16.6. The van der Waals surface area contributed by atoms with Crippen molar-refractivity contribution < 1.29 is 4.79 Å². The lowest BCUT2D eigenvalue weighted by atomic mass is 9.87. The van der Waals surface area contributed by atoms with Crippen molar-refractivity contribution in [3.8, 4) is 0 Å². The SMILES string of the molecule is O=C1Nc2ccc(Br)cc2C(c2ccccc2)=NC12CCNCC2. The Morgan fingerprint density at radius 2 is 1.79 bits per heavy atom. The van der Waals surface area contributed by atoms with Gasteiger partial charge in [-0.05, 0) is 44.1 Å². The normalized spacial score (nSPS) is 19.2. The molecule has 0 radical (unpaired) electrons. The molecule has 0 unspecified atom stereocenters. The van der Waals surface area contributed by atoms with Gasteiger partial charge in [0.15, 0.2) is 0 Å². The molecule has 4 rings (SSSR count). The summed E-state index contributed by atoms with van der Waals surface area (Å²) >= 11 is 3.54. The van der Waals surface area contributed by atoms with Gasteiger partial charge in [-0.25, -0.2) is 0 Å². The molecule has 1 fully saturated rings. The van der Waals surface area contributed by atoms with E-state index in [4.69, 9.17) is 4.99 Å². The molecule has 2 heterocycles. The second kappa shape index (κ2) is 6.15. The third-order valence-corrected chi connectivity index (χ3v) is 5.20. The van der Waals surface area contributed by atoms with Crippen molar-refractivity contribution in [3.63, 3.8) is 0 Å². The number of carbonyl (C=O) groups excluding carboxylic acids is 1. The molecule has 0 aromatic heterocycles. The molecule has 0 bridgehead atoms. The highest BCUT2D eigenvalue weighted by Crippen LogP contribution is 2.34. The molecular weight excluding hydrogens is 366 g/mol. The van der Waals surface area contributed by atoms with E-state index in [1.807, 2.05) is 48.5 Å². The van der Waals surface area contributed by atoms with Crippen molar-refractivity contribution in [2.24, 2.45) is 4.99 Å². The van der Waals surface area contributed by atoms with Crippen molar-refractivity contribution >= 4 is 33.2 Å². The van der Waals surface area contributed by atoms with Gasteiger partial charge in [0, 0.05) is 15.6 Å². The average molecular weight is 384 g/mol. The number of fused-ring (bicyclic) bond motifs is 1. The quantitative estimate of drug-likeness (QED) is 0.792. The van der Waals surface area contributed by atoms with Crippen LogP contribution in [0.15, 0.2) is 58.0 Å². The lowest BCUT2D eigenvalue weighted by Gasteiger charge is -2.32. The minimum Gasteiger partial charge on any atom is -0.323 e. The molecule has 2 aromatic carbocycles. The van der Waals surface area contributed by atoms with Gasteiger partial charge < -0.3 is 10.6 Å². The number of benzene rings is 2. The summed E-state index contributed by atoms with van der Waals surface area (Å²) in [6.45, 7) is 1.61. The number of carbonyl (C=O) groups is 1. The van der Waals surface area contributed by atoms with Gasteiger partial charge in [-0.3, -0.25) is 9.79 Å². The lowest BCUT2D eigenvalue weighted by molar-refractivity contribution is -0.121. The molecule has 2 aliphatic rings. The highest BCUT2D eigenvalue weighted by molar-refractivity contribution is 9.10. The van der Waals surface area contributed by atoms with Crippen molar-refractivity contribution in [2.75, 3.05) is 18.4 Å². The Morgan fingerprint density at radius 3 is 2.54 bits per heavy atom. The van der Waals surface area contributed by atoms with Gasteiger partial charge in [0.05, 0.1) is 11.4 Å². The number of hydrogen-bond acceptors (Lipinski definition) is 3. The van der Waals surface area contributed by atoms with Crippen molar-refractivity contribution in [2.45, 2.75) is 18.4 Å². The van der Waals surface area contributed by atoms with E-state index in [1.165, 1.54) is 0 Å². The van der Waals surface area contributed by atoms with Crippen LogP contribution in [0.2, 0.25) is 0 Å². The zero-order valence-corrected chi connectivity index (χ0v) is 14.8. The minimum atomic E-state index is -0.693. The average Bonchev–Trinajstić information content (AvgIpc) is 2.73. The maximum Gasteiger partial charge on any atom is 0.252 e. The van der Waals surface area contributed by atoms with Crippen molar-refractivity contribution in [1.82, 2.24) is 5.32 Å². The van der Waals surface area contributed by atoms with Gasteiger partial charge in [0.1, 0.15) is 5.54 Å². The first-order valence-corrected chi connectivity index (χ1v) is 8.95. The first kappa shape index (κ1) is 15.5. The Labute approximate surface area is 149 Å². The zero-order valence-electron chi connectivity index (χ0n) is 13.2. The first-order chi connectivity index (χ1) is 11.7. The van der Waals surface area contributed by atoms with Crippen LogP contribution in [0, 0.1) is 0 Å². The van der Waals surface area contributed by atoms with Gasteiger partial charge in [0.25, 0.3) is 5.91 Å². The van der Waals surface area contributed by atoms with E-state index in [2.05, 4.69) is 26.6 Å². The summed E-state index contributed by atoms with van der Waals surface area (Å²) in [6, 6.07) is 16.0. The Kier molecular flexibility index (Phi) is 3.98. The van der Waals surface area contributed by atoms with E-state index in [0.29, 0.717) is 12.8 Å². The number of halogens is 1. The molecule has 0 aliphatic carbocycles. The predicted octanol–water partition coefficient (Wildman–Crippen LogP) is 3.36. The van der Waals surface area contributed by atoms with Crippen LogP contribution >= 0.6 is 15.9 Å². The van der Waals surface area contributed by atoms with E-state index in [1.54, 1.807) is 0 Å². The second-order valence-electron chi connectivity index (χ2n) is 6.25. The highest BCUT2D eigenvalue weighted by Gasteiger charge is 2.42. The molecule has 5 heteroatoms. The van der Waals surface area contributed by atoms with Crippen LogP contribution < -0.4 is 10.6 Å². The number of anilines is 1. The second-order valence-corrected chi connectivity index (χ2v) is 7.17. The van der Waals surface area contributed by atoms with E-state index in [0.717, 1.165) is 40.1 Å². The van der Waals surface area contributed by atoms with Gasteiger partial charge in [-0.15, -0.1) is 0 Å². The largest absolute Gasteiger partial charge is 0.323 e. The van der Waals surface area contributed by atoms with E-state index in [9.17, 15) is 4.79 Å². The lowest BCUT2D eigenvalue weighted by Crippen LogP contribution is -2.49. The maximum atomic E-state index is 13.0. The van der Waals surface area contributed by atoms with Crippen LogP contribution in [0.4, 0.5) is 5.69 Å². The molecule has 122 valence electrons. The Hall–Kier alpha value is -1.98. The number of nitrogens with one attached hydrogen (secondary N) is 2. The summed E-state index contributed by atoms with van der Waals surface area (Å²) in [5.41, 5.74) is 3.00. The maximum absolute atomic E-state index is 13.0. The highest BCUT2D eigenvalue weighted by atomic mass is 79.9. The van der Waals surface area contributed by atoms with Gasteiger partial charge in [-0.1, -0.05) is 46.3 Å². The third kappa shape index (κ3) is 2.68. The fourth-order valence-electron chi connectivity index (χ4n) is 3.38. The molecule has 1 spiro atoms. The molecule has 2 aliphatic heterocycles. The summed E-state index contributed by atoms with van der Waals surface area (Å²) in [7, 11) is 0. The van der Waals surface area contributed by atoms with Gasteiger partial charge in [-0.2, -0.15) is 0 Å². The molecule has 24 heavy (non-hydrogen) atoms. The summed E-state index contributed by atoms with van der Waals surface area (Å²) in [5, 5.41) is 6.43. The fraction of sp³-hybridized carbons (Fsp3) is 0.263. The molecule has 1 saturated heterocycles. The van der Waals surface area contributed by atoms with Crippen LogP contribution in [-0.2, 0) is 4.79 Å². The van der Waals surface area contributed by atoms with Gasteiger partial charge >= 0.3 is 0 Å². The molecular formula is C19H18BrN3O. The topological polar surface area (TPSA) is 53.5 Å². The summed E-state index contributed by atoms with van der Waals surface area (Å²) in [4.78, 5) is 18.0. The molecule has 4 nitrogen and oxygen atoms in total. The number of aliphatic imine (C=N–C) groups is 1.